The van der Waals surface area contributed by atoms with E-state index in [4.69, 9.17) is 9.47 Å². The maximum Gasteiger partial charge on any atom is 0.0935 e. The van der Waals surface area contributed by atoms with Gasteiger partial charge in [0.1, 0.15) is 0 Å². The lowest BCUT2D eigenvalue weighted by Crippen LogP contribution is -2.45. The monoisotopic (exact) mass is 272 g/mol. The van der Waals surface area contributed by atoms with Gasteiger partial charge in [0.15, 0.2) is 0 Å². The normalized spacial score (nSPS) is 21.5. The van der Waals surface area contributed by atoms with E-state index < -0.39 is 0 Å². The Morgan fingerprint density at radius 3 is 2.79 bits per heavy atom. The minimum Gasteiger partial charge on any atom is -0.379 e. The molecule has 0 saturated carbocycles. The van der Waals surface area contributed by atoms with Crippen LogP contribution in [0, 0.1) is 5.92 Å². The van der Waals surface area contributed by atoms with E-state index in [1.54, 1.807) is 0 Å². The van der Waals surface area contributed by atoms with Crippen molar-refractivity contribution in [1.29, 1.82) is 0 Å². The highest BCUT2D eigenvalue weighted by atomic mass is 16.5. The van der Waals surface area contributed by atoms with Crippen molar-refractivity contribution in [2.75, 3.05) is 46.0 Å². The number of hydrogen-bond acceptors (Lipinski definition) is 4. The third-order valence-corrected chi connectivity index (χ3v) is 3.17. The molecular weight excluding hydrogens is 240 g/mol. The summed E-state index contributed by atoms with van der Waals surface area (Å²) in [5.41, 5.74) is 0. The van der Waals surface area contributed by atoms with Crippen molar-refractivity contribution in [3.05, 3.63) is 0 Å². The van der Waals surface area contributed by atoms with Crippen molar-refractivity contribution in [3.63, 3.8) is 0 Å². The van der Waals surface area contributed by atoms with Gasteiger partial charge in [0.2, 0.25) is 0 Å². The molecule has 0 bridgehead atoms. The van der Waals surface area contributed by atoms with Crippen LogP contribution >= 0.6 is 0 Å². The highest BCUT2D eigenvalue weighted by Gasteiger charge is 2.20. The second-order valence-electron chi connectivity index (χ2n) is 6.18. The molecule has 1 N–H and O–H groups in total. The van der Waals surface area contributed by atoms with Gasteiger partial charge in [0, 0.05) is 32.3 Å². The average Bonchev–Trinajstić information content (AvgIpc) is 2.33. The van der Waals surface area contributed by atoms with Crippen LogP contribution in [0.5, 0.6) is 0 Å². The van der Waals surface area contributed by atoms with E-state index in [0.29, 0.717) is 6.04 Å². The Morgan fingerprint density at radius 2 is 2.11 bits per heavy atom. The van der Waals surface area contributed by atoms with Crippen LogP contribution in [0.2, 0.25) is 0 Å². The van der Waals surface area contributed by atoms with Crippen LogP contribution in [-0.2, 0) is 9.47 Å². The standard InChI is InChI=1S/C15H32N2O2/c1-13(2)10-17-7-9-19-15(11-17)12-18-8-5-6-16-14(3)4/h13-16H,5-12H2,1-4H3. The lowest BCUT2D eigenvalue weighted by molar-refractivity contribution is -0.0712. The molecule has 0 radical (unpaired) electrons. The van der Waals surface area contributed by atoms with Gasteiger partial charge in [-0.15, -0.1) is 0 Å². The van der Waals surface area contributed by atoms with Crippen molar-refractivity contribution >= 4 is 0 Å². The highest BCUT2D eigenvalue weighted by molar-refractivity contribution is 4.72. The first-order valence-electron chi connectivity index (χ1n) is 7.73. The second kappa shape index (κ2) is 9.70. The number of ether oxygens (including phenoxy) is 2. The third-order valence-electron chi connectivity index (χ3n) is 3.17. The smallest absolute Gasteiger partial charge is 0.0935 e. The van der Waals surface area contributed by atoms with E-state index in [1.807, 2.05) is 0 Å². The van der Waals surface area contributed by atoms with Gasteiger partial charge in [-0.1, -0.05) is 27.7 Å². The molecule has 0 spiro atoms. The Balaban J connectivity index is 2.02. The molecule has 1 rings (SSSR count). The molecule has 0 aromatic heterocycles. The largest absolute Gasteiger partial charge is 0.379 e. The Hall–Kier alpha value is -0.160. The van der Waals surface area contributed by atoms with Gasteiger partial charge in [0.05, 0.1) is 19.3 Å². The van der Waals surface area contributed by atoms with Crippen LogP contribution in [0.4, 0.5) is 0 Å². The van der Waals surface area contributed by atoms with Gasteiger partial charge in [-0.2, -0.15) is 0 Å². The molecule has 0 aromatic carbocycles. The van der Waals surface area contributed by atoms with Crippen LogP contribution in [0.15, 0.2) is 0 Å². The van der Waals surface area contributed by atoms with Crippen molar-refractivity contribution < 1.29 is 9.47 Å². The molecule has 0 aliphatic carbocycles. The predicted octanol–water partition coefficient (Wildman–Crippen LogP) is 1.75. The van der Waals surface area contributed by atoms with Gasteiger partial charge in [-0.05, 0) is 18.9 Å². The zero-order chi connectivity index (χ0) is 14.1. The molecule has 1 atom stereocenters. The minimum absolute atomic E-state index is 0.255. The Kier molecular flexibility index (Phi) is 8.62. The van der Waals surface area contributed by atoms with Crippen molar-refractivity contribution in [2.24, 2.45) is 5.92 Å². The summed E-state index contributed by atoms with van der Waals surface area (Å²) < 4.78 is 11.5. The molecule has 4 nitrogen and oxygen atoms in total. The van der Waals surface area contributed by atoms with Gasteiger partial charge >= 0.3 is 0 Å². The number of morpholine rings is 1. The second-order valence-corrected chi connectivity index (χ2v) is 6.18. The van der Waals surface area contributed by atoms with Crippen LogP contribution in [0.25, 0.3) is 0 Å². The Labute approximate surface area is 118 Å². The van der Waals surface area contributed by atoms with Crippen molar-refractivity contribution in [3.8, 4) is 0 Å². The number of nitrogens with zero attached hydrogens (tertiary/aromatic N) is 1. The van der Waals surface area contributed by atoms with Gasteiger partial charge < -0.3 is 14.8 Å². The molecule has 0 aromatic rings. The molecule has 1 aliphatic heterocycles. The molecule has 1 unspecified atom stereocenters. The first kappa shape index (κ1) is 16.9. The lowest BCUT2D eigenvalue weighted by Gasteiger charge is -2.33. The average molecular weight is 272 g/mol. The quantitative estimate of drug-likeness (QED) is 0.648. The molecule has 1 saturated heterocycles. The number of hydrogen-bond donors (Lipinski definition) is 1. The zero-order valence-electron chi connectivity index (χ0n) is 13.2. The number of nitrogens with one attached hydrogen (secondary N) is 1. The maximum atomic E-state index is 5.75. The van der Waals surface area contributed by atoms with E-state index in [9.17, 15) is 0 Å². The molecule has 1 fully saturated rings. The SMILES string of the molecule is CC(C)CN1CCOC(COCCCNC(C)C)C1. The summed E-state index contributed by atoms with van der Waals surface area (Å²) in [5.74, 6) is 0.724. The van der Waals surface area contributed by atoms with E-state index in [-0.39, 0.29) is 6.10 Å². The van der Waals surface area contributed by atoms with Crippen LogP contribution < -0.4 is 5.32 Å². The van der Waals surface area contributed by atoms with Crippen molar-refractivity contribution in [2.45, 2.75) is 46.3 Å². The van der Waals surface area contributed by atoms with Crippen molar-refractivity contribution in [1.82, 2.24) is 10.2 Å². The fraction of sp³-hybridized carbons (Fsp3) is 1.00. The summed E-state index contributed by atoms with van der Waals surface area (Å²) in [5, 5.41) is 3.39. The Bertz CT molecular complexity index is 222. The topological polar surface area (TPSA) is 33.7 Å². The van der Waals surface area contributed by atoms with Gasteiger partial charge in [-0.3, -0.25) is 4.90 Å². The summed E-state index contributed by atoms with van der Waals surface area (Å²) in [6.45, 7) is 15.5. The van der Waals surface area contributed by atoms with Crippen LogP contribution in [0.3, 0.4) is 0 Å². The molecule has 114 valence electrons. The van der Waals surface area contributed by atoms with Gasteiger partial charge in [-0.25, -0.2) is 0 Å². The lowest BCUT2D eigenvalue weighted by atomic mass is 10.2. The van der Waals surface area contributed by atoms with E-state index >= 15 is 0 Å². The molecular formula is C15H32N2O2. The van der Waals surface area contributed by atoms with E-state index in [2.05, 4.69) is 37.9 Å². The van der Waals surface area contributed by atoms with E-state index in [0.717, 1.165) is 58.3 Å². The summed E-state index contributed by atoms with van der Waals surface area (Å²) in [4.78, 5) is 2.49. The first-order chi connectivity index (χ1) is 9.08. The molecule has 4 heteroatoms. The predicted molar refractivity (Wildman–Crippen MR) is 79.6 cm³/mol. The number of rotatable bonds is 9. The summed E-state index contributed by atoms with van der Waals surface area (Å²) in [6, 6.07) is 0.561. The first-order valence-corrected chi connectivity index (χ1v) is 7.73. The zero-order valence-corrected chi connectivity index (χ0v) is 13.2. The third kappa shape index (κ3) is 8.58. The van der Waals surface area contributed by atoms with Crippen LogP contribution in [-0.4, -0.2) is 63.0 Å². The Morgan fingerprint density at radius 1 is 1.32 bits per heavy atom. The molecule has 1 heterocycles. The molecule has 19 heavy (non-hydrogen) atoms. The summed E-state index contributed by atoms with van der Waals surface area (Å²) in [6.07, 6.45) is 1.33. The summed E-state index contributed by atoms with van der Waals surface area (Å²) in [7, 11) is 0. The maximum absolute atomic E-state index is 5.75. The fourth-order valence-electron chi connectivity index (χ4n) is 2.34. The fourth-order valence-corrected chi connectivity index (χ4v) is 2.34. The highest BCUT2D eigenvalue weighted by Crippen LogP contribution is 2.08. The summed E-state index contributed by atoms with van der Waals surface area (Å²) >= 11 is 0. The molecule has 0 amide bonds. The minimum atomic E-state index is 0.255. The molecule has 1 aliphatic rings. The van der Waals surface area contributed by atoms with Crippen LogP contribution in [0.1, 0.15) is 34.1 Å². The van der Waals surface area contributed by atoms with Gasteiger partial charge in [0.25, 0.3) is 0 Å². The van der Waals surface area contributed by atoms with E-state index in [1.165, 1.54) is 0 Å².